The summed E-state index contributed by atoms with van der Waals surface area (Å²) in [4.78, 5) is 12.5. The van der Waals surface area contributed by atoms with E-state index in [0.717, 1.165) is 25.1 Å². The molecule has 7 nitrogen and oxygen atoms in total. The van der Waals surface area contributed by atoms with E-state index in [-0.39, 0.29) is 11.3 Å². The Hall–Kier alpha value is -2.18. The summed E-state index contributed by atoms with van der Waals surface area (Å²) in [6.45, 7) is 1.29. The van der Waals surface area contributed by atoms with Crippen molar-refractivity contribution in [3.8, 4) is 0 Å². The fourth-order valence-electron chi connectivity index (χ4n) is 3.56. The van der Waals surface area contributed by atoms with Gasteiger partial charge in [-0.2, -0.15) is 0 Å². The first-order chi connectivity index (χ1) is 11.2. The van der Waals surface area contributed by atoms with E-state index in [0.29, 0.717) is 13.0 Å². The Morgan fingerprint density at radius 3 is 2.83 bits per heavy atom. The zero-order valence-electron chi connectivity index (χ0n) is 13.6. The van der Waals surface area contributed by atoms with E-state index < -0.39 is 0 Å². The fourth-order valence-corrected chi connectivity index (χ4v) is 3.56. The second-order valence-electron chi connectivity index (χ2n) is 6.63. The van der Waals surface area contributed by atoms with Gasteiger partial charge < -0.3 is 9.88 Å². The molecule has 0 aromatic carbocycles. The number of rotatable bonds is 6. The summed E-state index contributed by atoms with van der Waals surface area (Å²) < 4.78 is 3.79. The maximum absolute atomic E-state index is 12.5. The number of nitrogens with zero attached hydrogens (tertiary/aromatic N) is 5. The topological polar surface area (TPSA) is 77.6 Å². The molecule has 0 aliphatic heterocycles. The Bertz CT molecular complexity index is 627. The summed E-state index contributed by atoms with van der Waals surface area (Å²) in [6.07, 6.45) is 9.88. The number of hydrogen-bond donors (Lipinski definition) is 1. The van der Waals surface area contributed by atoms with Crippen molar-refractivity contribution >= 4 is 5.91 Å². The van der Waals surface area contributed by atoms with E-state index in [1.165, 1.54) is 19.3 Å². The number of tetrazole rings is 1. The average Bonchev–Trinajstić information content (AvgIpc) is 3.18. The molecule has 23 heavy (non-hydrogen) atoms. The quantitative estimate of drug-likeness (QED) is 0.879. The molecule has 2 aromatic heterocycles. The number of carbonyl (C=O) groups excluding carboxylic acids is 1. The van der Waals surface area contributed by atoms with Gasteiger partial charge in [0, 0.05) is 25.4 Å². The maximum atomic E-state index is 12.5. The normalized spacial score (nSPS) is 17.1. The summed E-state index contributed by atoms with van der Waals surface area (Å²) >= 11 is 0. The molecule has 1 saturated carbocycles. The number of hydrogen-bond acceptors (Lipinski definition) is 4. The molecule has 1 fully saturated rings. The Morgan fingerprint density at radius 1 is 1.35 bits per heavy atom. The van der Waals surface area contributed by atoms with Crippen LogP contribution in [0.4, 0.5) is 0 Å². The molecule has 2 aromatic rings. The molecule has 7 heteroatoms. The van der Waals surface area contributed by atoms with Gasteiger partial charge in [0.25, 0.3) is 0 Å². The standard InChI is InChI=1S/C16H24N6O/c1-21-9-5-6-14(21)11-17-15(23)10-16(7-3-2-4-8-16)12-22-13-18-19-20-22/h5-6,9,13H,2-4,7-8,10-12H2,1H3,(H,17,23). The van der Waals surface area contributed by atoms with Gasteiger partial charge in [0.05, 0.1) is 13.1 Å². The average molecular weight is 316 g/mol. The van der Waals surface area contributed by atoms with Crippen LogP contribution in [0.15, 0.2) is 24.7 Å². The van der Waals surface area contributed by atoms with Crippen molar-refractivity contribution in [3.05, 3.63) is 30.4 Å². The van der Waals surface area contributed by atoms with E-state index in [4.69, 9.17) is 0 Å². The van der Waals surface area contributed by atoms with Gasteiger partial charge in [-0.25, -0.2) is 4.68 Å². The Labute approximate surface area is 136 Å². The molecule has 1 aliphatic rings. The molecule has 0 bridgehead atoms. The van der Waals surface area contributed by atoms with Gasteiger partial charge in [-0.3, -0.25) is 4.79 Å². The van der Waals surface area contributed by atoms with Crippen LogP contribution < -0.4 is 5.32 Å². The molecule has 0 unspecified atom stereocenters. The number of aromatic nitrogens is 5. The zero-order valence-corrected chi connectivity index (χ0v) is 13.6. The summed E-state index contributed by atoms with van der Waals surface area (Å²) in [5.41, 5.74) is 1.09. The van der Waals surface area contributed by atoms with E-state index in [2.05, 4.69) is 20.8 Å². The van der Waals surface area contributed by atoms with E-state index in [1.54, 1.807) is 11.0 Å². The first-order valence-corrected chi connectivity index (χ1v) is 8.25. The first-order valence-electron chi connectivity index (χ1n) is 8.25. The lowest BCUT2D eigenvalue weighted by atomic mass is 9.71. The Balaban J connectivity index is 1.61. The maximum Gasteiger partial charge on any atom is 0.220 e. The number of nitrogens with one attached hydrogen (secondary N) is 1. The van der Waals surface area contributed by atoms with Crippen molar-refractivity contribution < 1.29 is 4.79 Å². The monoisotopic (exact) mass is 316 g/mol. The van der Waals surface area contributed by atoms with Crippen molar-refractivity contribution in [1.29, 1.82) is 0 Å². The van der Waals surface area contributed by atoms with Crippen molar-refractivity contribution in [1.82, 2.24) is 30.1 Å². The van der Waals surface area contributed by atoms with Gasteiger partial charge >= 0.3 is 0 Å². The number of aryl methyl sites for hydroxylation is 1. The lowest BCUT2D eigenvalue weighted by Gasteiger charge is -2.36. The van der Waals surface area contributed by atoms with Gasteiger partial charge in [-0.15, -0.1) is 5.10 Å². The highest BCUT2D eigenvalue weighted by molar-refractivity contribution is 5.76. The van der Waals surface area contributed by atoms with Crippen LogP contribution in [-0.2, 0) is 24.9 Å². The minimum Gasteiger partial charge on any atom is -0.353 e. The highest BCUT2D eigenvalue weighted by atomic mass is 16.1. The van der Waals surface area contributed by atoms with Gasteiger partial charge in [-0.05, 0) is 40.8 Å². The number of carbonyl (C=O) groups is 1. The van der Waals surface area contributed by atoms with Gasteiger partial charge in [0.1, 0.15) is 6.33 Å². The smallest absolute Gasteiger partial charge is 0.220 e. The molecule has 1 N–H and O–H groups in total. The first kappa shape index (κ1) is 15.7. The van der Waals surface area contributed by atoms with Crippen molar-refractivity contribution in [2.75, 3.05) is 0 Å². The third-order valence-corrected chi connectivity index (χ3v) is 4.86. The largest absolute Gasteiger partial charge is 0.353 e. The summed E-state index contributed by atoms with van der Waals surface area (Å²) in [5.74, 6) is 0.112. The molecule has 0 radical (unpaired) electrons. The van der Waals surface area contributed by atoms with E-state index in [1.807, 2.05) is 29.9 Å². The van der Waals surface area contributed by atoms with Crippen LogP contribution >= 0.6 is 0 Å². The van der Waals surface area contributed by atoms with E-state index in [9.17, 15) is 4.79 Å². The summed E-state index contributed by atoms with van der Waals surface area (Å²) in [6, 6.07) is 4.01. The predicted molar refractivity (Wildman–Crippen MR) is 85.2 cm³/mol. The molecule has 124 valence electrons. The predicted octanol–water partition coefficient (Wildman–Crippen LogP) is 1.67. The minimum atomic E-state index is -0.0219. The zero-order chi connectivity index (χ0) is 16.1. The molecule has 1 amide bonds. The van der Waals surface area contributed by atoms with Gasteiger partial charge in [0.15, 0.2) is 0 Å². The van der Waals surface area contributed by atoms with Gasteiger partial charge in [-0.1, -0.05) is 19.3 Å². The van der Waals surface area contributed by atoms with Crippen LogP contribution in [0, 0.1) is 5.41 Å². The third-order valence-electron chi connectivity index (χ3n) is 4.86. The van der Waals surface area contributed by atoms with E-state index >= 15 is 0 Å². The molecule has 1 aliphatic carbocycles. The molecule has 3 rings (SSSR count). The number of amides is 1. The lowest BCUT2D eigenvalue weighted by Crippen LogP contribution is -2.36. The van der Waals surface area contributed by atoms with Crippen LogP contribution in [0.25, 0.3) is 0 Å². The van der Waals surface area contributed by atoms with Crippen LogP contribution in [0.2, 0.25) is 0 Å². The SMILES string of the molecule is Cn1cccc1CNC(=O)CC1(Cn2cnnn2)CCCCC1. The molecule has 0 saturated heterocycles. The van der Waals surface area contributed by atoms with Gasteiger partial charge in [0.2, 0.25) is 5.91 Å². The van der Waals surface area contributed by atoms with Crippen molar-refractivity contribution in [2.45, 2.75) is 51.6 Å². The molecular formula is C16H24N6O. The second kappa shape index (κ2) is 6.93. The Morgan fingerprint density at radius 2 is 2.17 bits per heavy atom. The fraction of sp³-hybridized carbons (Fsp3) is 0.625. The van der Waals surface area contributed by atoms with Crippen LogP contribution in [0.1, 0.15) is 44.2 Å². The second-order valence-corrected chi connectivity index (χ2v) is 6.63. The third kappa shape index (κ3) is 3.97. The summed E-state index contributed by atoms with van der Waals surface area (Å²) in [7, 11) is 1.99. The highest BCUT2D eigenvalue weighted by Gasteiger charge is 2.35. The summed E-state index contributed by atoms with van der Waals surface area (Å²) in [5, 5.41) is 14.5. The molecule has 0 atom stereocenters. The van der Waals surface area contributed by atoms with Crippen molar-refractivity contribution in [2.24, 2.45) is 12.5 Å². The van der Waals surface area contributed by atoms with Crippen LogP contribution in [-0.4, -0.2) is 30.7 Å². The Kier molecular flexibility index (Phi) is 4.73. The minimum absolute atomic E-state index is 0.0219. The highest BCUT2D eigenvalue weighted by Crippen LogP contribution is 2.40. The van der Waals surface area contributed by atoms with Crippen LogP contribution in [0.5, 0.6) is 0 Å². The van der Waals surface area contributed by atoms with Crippen molar-refractivity contribution in [3.63, 3.8) is 0 Å². The van der Waals surface area contributed by atoms with Crippen LogP contribution in [0.3, 0.4) is 0 Å². The molecule has 2 heterocycles. The molecule has 0 spiro atoms. The molecular weight excluding hydrogens is 292 g/mol. The lowest BCUT2D eigenvalue weighted by molar-refractivity contribution is -0.124.